The van der Waals surface area contributed by atoms with Crippen LogP contribution in [0.5, 0.6) is 0 Å². The summed E-state index contributed by atoms with van der Waals surface area (Å²) in [5, 5.41) is 2.75. The van der Waals surface area contributed by atoms with E-state index in [2.05, 4.69) is 11.4 Å². The van der Waals surface area contributed by atoms with Gasteiger partial charge in [-0.1, -0.05) is 42.5 Å². The van der Waals surface area contributed by atoms with Crippen molar-refractivity contribution in [2.75, 3.05) is 18.1 Å². The Morgan fingerprint density at radius 2 is 1.91 bits per heavy atom. The highest BCUT2D eigenvalue weighted by molar-refractivity contribution is 7.91. The van der Waals surface area contributed by atoms with Crippen LogP contribution in [0.25, 0.3) is 0 Å². The number of hydrogen-bond acceptors (Lipinski definition) is 3. The van der Waals surface area contributed by atoms with E-state index in [0.29, 0.717) is 6.42 Å². The van der Waals surface area contributed by atoms with Gasteiger partial charge in [0.1, 0.15) is 0 Å². The second-order valence-electron chi connectivity index (χ2n) is 5.66. The number of hydrogen-bond donors (Lipinski definition) is 1. The summed E-state index contributed by atoms with van der Waals surface area (Å²) in [6, 6.07) is 9.57. The molecule has 4 nitrogen and oxygen atoms in total. The SMILES string of the molecule is O=C(NCCS(=O)(=O)CCc1ccccc1)[C@@H]1CC=CCC1. The molecule has 1 atom stereocenters. The van der Waals surface area contributed by atoms with Crippen molar-refractivity contribution >= 4 is 15.7 Å². The van der Waals surface area contributed by atoms with E-state index >= 15 is 0 Å². The lowest BCUT2D eigenvalue weighted by Crippen LogP contribution is -2.35. The van der Waals surface area contributed by atoms with E-state index in [1.165, 1.54) is 0 Å². The van der Waals surface area contributed by atoms with Crippen LogP contribution in [0.3, 0.4) is 0 Å². The molecule has 0 aromatic heterocycles. The predicted molar refractivity (Wildman–Crippen MR) is 88.3 cm³/mol. The van der Waals surface area contributed by atoms with Gasteiger partial charge in [0.2, 0.25) is 5.91 Å². The first kappa shape index (κ1) is 16.7. The van der Waals surface area contributed by atoms with Crippen molar-refractivity contribution in [2.24, 2.45) is 5.92 Å². The van der Waals surface area contributed by atoms with Crippen molar-refractivity contribution in [3.8, 4) is 0 Å². The highest BCUT2D eigenvalue weighted by Gasteiger charge is 2.19. The molecule has 0 bridgehead atoms. The molecule has 0 spiro atoms. The quantitative estimate of drug-likeness (QED) is 0.782. The molecule has 5 heteroatoms. The van der Waals surface area contributed by atoms with Crippen molar-refractivity contribution in [3.05, 3.63) is 48.0 Å². The van der Waals surface area contributed by atoms with Crippen molar-refractivity contribution < 1.29 is 13.2 Å². The van der Waals surface area contributed by atoms with Crippen LogP contribution in [0.2, 0.25) is 0 Å². The van der Waals surface area contributed by atoms with Gasteiger partial charge >= 0.3 is 0 Å². The first-order valence-corrected chi connectivity index (χ1v) is 9.56. The zero-order chi connectivity index (χ0) is 15.8. The van der Waals surface area contributed by atoms with Crippen LogP contribution in [0.15, 0.2) is 42.5 Å². The molecule has 0 saturated carbocycles. The lowest BCUT2D eigenvalue weighted by molar-refractivity contribution is -0.125. The fraction of sp³-hybridized carbons (Fsp3) is 0.471. The molecule has 1 aliphatic carbocycles. The molecular formula is C17H23NO3S. The van der Waals surface area contributed by atoms with E-state index in [1.807, 2.05) is 36.4 Å². The molecule has 1 aromatic rings. The molecule has 1 amide bonds. The van der Waals surface area contributed by atoms with Gasteiger partial charge in [-0.25, -0.2) is 8.42 Å². The highest BCUT2D eigenvalue weighted by atomic mass is 32.2. The molecule has 120 valence electrons. The zero-order valence-corrected chi connectivity index (χ0v) is 13.5. The number of benzene rings is 1. The Kier molecular flexibility index (Phi) is 6.19. The molecule has 0 saturated heterocycles. The number of amides is 1. The van der Waals surface area contributed by atoms with Crippen LogP contribution in [0.4, 0.5) is 0 Å². The monoisotopic (exact) mass is 321 g/mol. The summed E-state index contributed by atoms with van der Waals surface area (Å²) in [7, 11) is -3.13. The first-order valence-electron chi connectivity index (χ1n) is 7.74. The van der Waals surface area contributed by atoms with Crippen LogP contribution >= 0.6 is 0 Å². The molecular weight excluding hydrogens is 298 g/mol. The van der Waals surface area contributed by atoms with E-state index in [9.17, 15) is 13.2 Å². The summed E-state index contributed by atoms with van der Waals surface area (Å²) in [5.41, 5.74) is 1.02. The standard InChI is InChI=1S/C17H23NO3S/c19-17(16-9-5-2-6-10-16)18-12-14-22(20,21)13-11-15-7-3-1-4-8-15/h1-5,7-8,16H,6,9-14H2,(H,18,19)/t16-/m1/s1. The Hall–Kier alpha value is -1.62. The smallest absolute Gasteiger partial charge is 0.223 e. The van der Waals surface area contributed by atoms with Crippen molar-refractivity contribution in [2.45, 2.75) is 25.7 Å². The van der Waals surface area contributed by atoms with E-state index in [0.717, 1.165) is 24.8 Å². The van der Waals surface area contributed by atoms with E-state index in [1.54, 1.807) is 0 Å². The number of carbonyl (C=O) groups is 1. The Balaban J connectivity index is 1.70. The van der Waals surface area contributed by atoms with Gasteiger partial charge < -0.3 is 5.32 Å². The van der Waals surface area contributed by atoms with Gasteiger partial charge in [-0.3, -0.25) is 4.79 Å². The molecule has 0 heterocycles. The summed E-state index contributed by atoms with van der Waals surface area (Å²) in [6.07, 6.45) is 7.15. The third kappa shape index (κ3) is 5.64. The topological polar surface area (TPSA) is 63.2 Å². The van der Waals surface area contributed by atoms with E-state index in [4.69, 9.17) is 0 Å². The van der Waals surface area contributed by atoms with Gasteiger partial charge in [0, 0.05) is 12.5 Å². The molecule has 1 aromatic carbocycles. The molecule has 22 heavy (non-hydrogen) atoms. The van der Waals surface area contributed by atoms with Crippen molar-refractivity contribution in [1.29, 1.82) is 0 Å². The van der Waals surface area contributed by atoms with Gasteiger partial charge in [0.05, 0.1) is 11.5 Å². The largest absolute Gasteiger partial charge is 0.355 e. The van der Waals surface area contributed by atoms with Crippen LogP contribution in [-0.2, 0) is 21.1 Å². The van der Waals surface area contributed by atoms with Gasteiger partial charge in [0.15, 0.2) is 9.84 Å². The third-order valence-corrected chi connectivity index (χ3v) is 5.55. The minimum atomic E-state index is -3.13. The van der Waals surface area contributed by atoms with Gasteiger partial charge in [-0.15, -0.1) is 0 Å². The first-order chi connectivity index (χ1) is 10.6. The van der Waals surface area contributed by atoms with E-state index in [-0.39, 0.29) is 29.9 Å². The van der Waals surface area contributed by atoms with E-state index < -0.39 is 9.84 Å². The van der Waals surface area contributed by atoms with Crippen LogP contribution < -0.4 is 5.32 Å². The molecule has 0 aliphatic heterocycles. The number of rotatable bonds is 7. The fourth-order valence-electron chi connectivity index (χ4n) is 2.53. The predicted octanol–water partition coefficient (Wildman–Crippen LogP) is 2.12. The number of allylic oxidation sites excluding steroid dienone is 2. The maximum Gasteiger partial charge on any atom is 0.223 e. The second kappa shape index (κ2) is 8.13. The minimum Gasteiger partial charge on any atom is -0.355 e. The molecule has 0 radical (unpaired) electrons. The summed E-state index contributed by atoms with van der Waals surface area (Å²) in [5.74, 6) is 0.104. The number of carbonyl (C=O) groups excluding carboxylic acids is 1. The van der Waals surface area contributed by atoms with Crippen LogP contribution in [0, 0.1) is 5.92 Å². The summed E-state index contributed by atoms with van der Waals surface area (Å²) < 4.78 is 24.0. The fourth-order valence-corrected chi connectivity index (χ4v) is 3.69. The van der Waals surface area contributed by atoms with Crippen LogP contribution in [-0.4, -0.2) is 32.4 Å². The molecule has 0 unspecified atom stereocenters. The number of aryl methyl sites for hydroxylation is 1. The Bertz CT molecular complexity index is 608. The average molecular weight is 321 g/mol. The Labute approximate surface area is 132 Å². The molecule has 1 N–H and O–H groups in total. The minimum absolute atomic E-state index is 0.00276. The molecule has 0 fully saturated rings. The molecule has 1 aliphatic rings. The summed E-state index contributed by atoms with van der Waals surface area (Å²) >= 11 is 0. The maximum atomic E-state index is 12.0. The maximum absolute atomic E-state index is 12.0. The third-order valence-electron chi connectivity index (χ3n) is 3.90. The van der Waals surface area contributed by atoms with Gasteiger partial charge in [0.25, 0.3) is 0 Å². The Morgan fingerprint density at radius 3 is 2.59 bits per heavy atom. The second-order valence-corrected chi connectivity index (χ2v) is 7.96. The van der Waals surface area contributed by atoms with Gasteiger partial charge in [-0.05, 0) is 31.2 Å². The lowest BCUT2D eigenvalue weighted by atomic mass is 9.94. The summed E-state index contributed by atoms with van der Waals surface area (Å²) in [6.45, 7) is 0.205. The summed E-state index contributed by atoms with van der Waals surface area (Å²) in [4.78, 5) is 11.9. The van der Waals surface area contributed by atoms with Crippen LogP contribution in [0.1, 0.15) is 24.8 Å². The van der Waals surface area contributed by atoms with Crippen molar-refractivity contribution in [1.82, 2.24) is 5.32 Å². The lowest BCUT2D eigenvalue weighted by Gasteiger charge is -2.17. The van der Waals surface area contributed by atoms with Crippen molar-refractivity contribution in [3.63, 3.8) is 0 Å². The molecule has 2 rings (SSSR count). The number of sulfone groups is 1. The normalized spacial score (nSPS) is 18.1. The highest BCUT2D eigenvalue weighted by Crippen LogP contribution is 2.17. The van der Waals surface area contributed by atoms with Gasteiger partial charge in [-0.2, -0.15) is 0 Å². The zero-order valence-electron chi connectivity index (χ0n) is 12.7. The average Bonchev–Trinajstić information content (AvgIpc) is 2.55. The number of nitrogens with one attached hydrogen (secondary N) is 1. The Morgan fingerprint density at radius 1 is 1.14 bits per heavy atom.